The third-order valence-electron chi connectivity index (χ3n) is 3.06. The van der Waals surface area contributed by atoms with Crippen molar-refractivity contribution in [1.82, 2.24) is 4.90 Å². The van der Waals surface area contributed by atoms with E-state index in [1.807, 2.05) is 0 Å². The molecule has 3 heteroatoms. The lowest BCUT2D eigenvalue weighted by atomic mass is 10.1. The van der Waals surface area contributed by atoms with Gasteiger partial charge in [-0.3, -0.25) is 4.90 Å². The average Bonchev–Trinajstić information content (AvgIpc) is 2.48. The van der Waals surface area contributed by atoms with Gasteiger partial charge in [0.15, 0.2) is 0 Å². The maximum atomic E-state index is 9.36. The molecule has 1 rings (SSSR count). The number of nitrogens with zero attached hydrogens (tertiary/aromatic N) is 1. The highest BCUT2D eigenvalue weighted by Gasteiger charge is 2.30. The minimum absolute atomic E-state index is 0.125. The van der Waals surface area contributed by atoms with Crippen LogP contribution in [0.4, 0.5) is 0 Å². The van der Waals surface area contributed by atoms with Gasteiger partial charge in [-0.1, -0.05) is 6.92 Å². The van der Waals surface area contributed by atoms with Gasteiger partial charge in [0.2, 0.25) is 0 Å². The van der Waals surface area contributed by atoms with Gasteiger partial charge < -0.3 is 10.2 Å². The first-order chi connectivity index (χ1) is 6.19. The molecule has 0 aliphatic carbocycles. The Bertz CT molecular complexity index is 152. The topological polar surface area (TPSA) is 43.7 Å². The van der Waals surface area contributed by atoms with Gasteiger partial charge in [-0.25, -0.2) is 0 Å². The molecule has 0 spiro atoms. The highest BCUT2D eigenvalue weighted by molar-refractivity contribution is 4.85. The zero-order valence-electron chi connectivity index (χ0n) is 8.61. The summed E-state index contributed by atoms with van der Waals surface area (Å²) in [6.45, 7) is 4.87. The Balaban J connectivity index is 2.44. The molecule has 3 nitrogen and oxygen atoms in total. The third kappa shape index (κ3) is 2.66. The van der Waals surface area contributed by atoms with E-state index >= 15 is 0 Å². The smallest absolute Gasteiger partial charge is 0.0897 e. The van der Waals surface area contributed by atoms with Gasteiger partial charge in [0.1, 0.15) is 0 Å². The summed E-state index contributed by atoms with van der Waals surface area (Å²) in [7, 11) is 0. The van der Waals surface area contributed by atoms with Gasteiger partial charge in [-0.05, 0) is 26.2 Å². The van der Waals surface area contributed by atoms with Crippen LogP contribution in [0.5, 0.6) is 0 Å². The highest BCUT2D eigenvalue weighted by atomic mass is 16.3. The summed E-state index contributed by atoms with van der Waals surface area (Å²) >= 11 is 0. The summed E-state index contributed by atoms with van der Waals surface area (Å²) < 4.78 is 0. The fraction of sp³-hybridized carbons (Fsp3) is 1.00. The summed E-state index contributed by atoms with van der Waals surface area (Å²) in [5.41, 5.74) is 0. The first kappa shape index (κ1) is 11.0. The van der Waals surface area contributed by atoms with Gasteiger partial charge in [-0.2, -0.15) is 0 Å². The van der Waals surface area contributed by atoms with Crippen molar-refractivity contribution in [3.05, 3.63) is 0 Å². The molecule has 3 atom stereocenters. The van der Waals surface area contributed by atoms with Crippen LogP contribution in [0.1, 0.15) is 33.1 Å². The number of likely N-dealkylation sites (tertiary alicyclic amines) is 1. The Kier molecular flexibility index (Phi) is 4.16. The van der Waals surface area contributed by atoms with E-state index in [2.05, 4.69) is 18.7 Å². The summed E-state index contributed by atoms with van der Waals surface area (Å²) in [4.78, 5) is 2.32. The monoisotopic (exact) mass is 187 g/mol. The van der Waals surface area contributed by atoms with Crippen molar-refractivity contribution in [2.75, 3.05) is 13.2 Å². The second-order valence-corrected chi connectivity index (χ2v) is 4.02. The minimum Gasteiger partial charge on any atom is -0.394 e. The van der Waals surface area contributed by atoms with Crippen LogP contribution in [-0.2, 0) is 0 Å². The molecule has 1 heterocycles. The Hall–Kier alpha value is -0.120. The summed E-state index contributed by atoms with van der Waals surface area (Å²) in [6, 6.07) is 1.17. The van der Waals surface area contributed by atoms with E-state index in [-0.39, 0.29) is 6.61 Å². The average molecular weight is 187 g/mol. The summed E-state index contributed by atoms with van der Waals surface area (Å²) in [5.74, 6) is 0. The molecule has 0 aromatic heterocycles. The van der Waals surface area contributed by atoms with Crippen LogP contribution in [0, 0.1) is 0 Å². The number of hydrogen-bond acceptors (Lipinski definition) is 3. The summed E-state index contributed by atoms with van der Waals surface area (Å²) in [6.07, 6.45) is 3.02. The van der Waals surface area contributed by atoms with Gasteiger partial charge in [0.25, 0.3) is 0 Å². The molecule has 0 saturated carbocycles. The van der Waals surface area contributed by atoms with Crippen LogP contribution in [0.3, 0.4) is 0 Å². The van der Waals surface area contributed by atoms with E-state index < -0.39 is 6.10 Å². The molecule has 0 aromatic rings. The lowest BCUT2D eigenvalue weighted by molar-refractivity contribution is 0.0437. The molecule has 13 heavy (non-hydrogen) atoms. The predicted octanol–water partition coefficient (Wildman–Crippen LogP) is 0.602. The second kappa shape index (κ2) is 4.94. The van der Waals surface area contributed by atoms with Crippen LogP contribution in [0.15, 0.2) is 0 Å². The molecule has 1 fully saturated rings. The van der Waals surface area contributed by atoms with Crippen molar-refractivity contribution >= 4 is 0 Å². The number of hydrogen-bond donors (Lipinski definition) is 2. The molecular weight excluding hydrogens is 166 g/mol. The Labute approximate surface area is 80.4 Å². The number of rotatable bonds is 4. The SMILES string of the molecule is CCC1CCC(C)N1CC(O)CO. The third-order valence-corrected chi connectivity index (χ3v) is 3.06. The molecule has 0 bridgehead atoms. The van der Waals surface area contributed by atoms with Gasteiger partial charge in [0.05, 0.1) is 12.7 Å². The molecule has 1 aliphatic rings. The van der Waals surface area contributed by atoms with Crippen LogP contribution < -0.4 is 0 Å². The van der Waals surface area contributed by atoms with E-state index in [1.54, 1.807) is 0 Å². The van der Waals surface area contributed by atoms with Gasteiger partial charge in [-0.15, -0.1) is 0 Å². The lowest BCUT2D eigenvalue weighted by Gasteiger charge is -2.29. The fourth-order valence-corrected chi connectivity index (χ4v) is 2.19. The fourth-order valence-electron chi connectivity index (χ4n) is 2.19. The zero-order chi connectivity index (χ0) is 9.84. The van der Waals surface area contributed by atoms with E-state index in [9.17, 15) is 5.11 Å². The van der Waals surface area contributed by atoms with Gasteiger partial charge in [0, 0.05) is 18.6 Å². The standard InChI is InChI=1S/C10H21NO2/c1-3-9-5-4-8(2)11(9)6-10(13)7-12/h8-10,12-13H,3-7H2,1-2H3. The van der Waals surface area contributed by atoms with Crippen molar-refractivity contribution in [2.45, 2.75) is 51.3 Å². The van der Waals surface area contributed by atoms with E-state index in [0.29, 0.717) is 18.6 Å². The quantitative estimate of drug-likeness (QED) is 0.677. The molecular formula is C10H21NO2. The Morgan fingerprint density at radius 1 is 1.46 bits per heavy atom. The zero-order valence-corrected chi connectivity index (χ0v) is 8.61. The second-order valence-electron chi connectivity index (χ2n) is 4.02. The Morgan fingerprint density at radius 3 is 2.69 bits per heavy atom. The van der Waals surface area contributed by atoms with Crippen molar-refractivity contribution in [2.24, 2.45) is 0 Å². The molecule has 0 radical (unpaired) electrons. The Morgan fingerprint density at radius 2 is 2.15 bits per heavy atom. The van der Waals surface area contributed by atoms with Crippen molar-refractivity contribution in [3.63, 3.8) is 0 Å². The molecule has 1 aliphatic heterocycles. The maximum absolute atomic E-state index is 9.36. The summed E-state index contributed by atoms with van der Waals surface area (Å²) in [5, 5.41) is 18.1. The van der Waals surface area contributed by atoms with Crippen molar-refractivity contribution in [1.29, 1.82) is 0 Å². The van der Waals surface area contributed by atoms with Crippen molar-refractivity contribution < 1.29 is 10.2 Å². The molecule has 1 saturated heterocycles. The lowest BCUT2D eigenvalue weighted by Crippen LogP contribution is -2.41. The number of aliphatic hydroxyl groups excluding tert-OH is 2. The molecule has 2 N–H and O–H groups in total. The maximum Gasteiger partial charge on any atom is 0.0897 e. The largest absolute Gasteiger partial charge is 0.394 e. The first-order valence-electron chi connectivity index (χ1n) is 5.23. The van der Waals surface area contributed by atoms with E-state index in [1.165, 1.54) is 12.8 Å². The van der Waals surface area contributed by atoms with Crippen LogP contribution in [0.25, 0.3) is 0 Å². The molecule has 0 amide bonds. The van der Waals surface area contributed by atoms with Crippen molar-refractivity contribution in [3.8, 4) is 0 Å². The van der Waals surface area contributed by atoms with E-state index in [4.69, 9.17) is 5.11 Å². The van der Waals surface area contributed by atoms with Gasteiger partial charge >= 0.3 is 0 Å². The minimum atomic E-state index is -0.574. The first-order valence-corrected chi connectivity index (χ1v) is 5.23. The molecule has 78 valence electrons. The van der Waals surface area contributed by atoms with Crippen LogP contribution >= 0.6 is 0 Å². The number of aliphatic hydroxyl groups is 2. The molecule has 0 aromatic carbocycles. The number of β-amino-alcohol motifs (C(OH)–C–C–N with tert-alkyl or cyclic N) is 1. The van der Waals surface area contributed by atoms with Crippen LogP contribution in [0.2, 0.25) is 0 Å². The normalized spacial score (nSPS) is 32.3. The predicted molar refractivity (Wildman–Crippen MR) is 52.6 cm³/mol. The molecule has 3 unspecified atom stereocenters. The highest BCUT2D eigenvalue weighted by Crippen LogP contribution is 2.25. The van der Waals surface area contributed by atoms with Crippen LogP contribution in [-0.4, -0.2) is 46.5 Å². The van der Waals surface area contributed by atoms with E-state index in [0.717, 1.165) is 6.42 Å².